The van der Waals surface area contributed by atoms with Crippen LogP contribution >= 0.6 is 0 Å². The molecule has 4 unspecified atom stereocenters. The number of ether oxygens (including phenoxy) is 3. The summed E-state index contributed by atoms with van der Waals surface area (Å²) >= 11 is 0. The largest absolute Gasteiger partial charge is 0.504 e. The van der Waals surface area contributed by atoms with E-state index in [9.17, 15) is 29.7 Å². The second kappa shape index (κ2) is 6.30. The first-order valence-corrected chi connectivity index (χ1v) is 10.8. The molecule has 31 heavy (non-hydrogen) atoms. The minimum atomic E-state index is -1.86. The van der Waals surface area contributed by atoms with Gasteiger partial charge in [-0.25, -0.2) is 4.79 Å². The molecule has 0 amide bonds. The zero-order valence-corrected chi connectivity index (χ0v) is 17.8. The Hall–Kier alpha value is -1.97. The molecule has 170 valence electrons. The van der Waals surface area contributed by atoms with Gasteiger partial charge in [-0.3, -0.25) is 9.59 Å². The van der Waals surface area contributed by atoms with Gasteiger partial charge in [-0.2, -0.15) is 0 Å². The summed E-state index contributed by atoms with van der Waals surface area (Å²) in [5.74, 6) is -3.78. The molecule has 9 atom stereocenters. The van der Waals surface area contributed by atoms with E-state index in [0.717, 1.165) is 0 Å². The summed E-state index contributed by atoms with van der Waals surface area (Å²) in [7, 11) is 0. The van der Waals surface area contributed by atoms with Gasteiger partial charge in [0.05, 0.1) is 25.7 Å². The van der Waals surface area contributed by atoms with Crippen LogP contribution in [0.15, 0.2) is 11.3 Å². The Morgan fingerprint density at radius 2 is 2.00 bits per heavy atom. The lowest BCUT2D eigenvalue weighted by molar-refractivity contribution is -0.272. The predicted molar refractivity (Wildman–Crippen MR) is 102 cm³/mol. The maximum absolute atomic E-state index is 13.1. The van der Waals surface area contributed by atoms with Crippen molar-refractivity contribution in [3.63, 3.8) is 0 Å². The number of aliphatic hydroxyl groups is 3. The van der Waals surface area contributed by atoms with Gasteiger partial charge in [0.2, 0.25) is 0 Å². The van der Waals surface area contributed by atoms with E-state index >= 15 is 0 Å². The van der Waals surface area contributed by atoms with E-state index in [1.165, 1.54) is 0 Å². The van der Waals surface area contributed by atoms with Crippen molar-refractivity contribution in [3.05, 3.63) is 11.3 Å². The summed E-state index contributed by atoms with van der Waals surface area (Å²) in [6.45, 7) is 5.24. The van der Waals surface area contributed by atoms with Crippen LogP contribution in [0.2, 0.25) is 0 Å². The van der Waals surface area contributed by atoms with E-state index in [1.807, 2.05) is 6.92 Å². The highest BCUT2D eigenvalue weighted by molar-refractivity contribution is 5.95. The Bertz CT molecular complexity index is 911. The van der Waals surface area contributed by atoms with E-state index in [-0.39, 0.29) is 37.7 Å². The van der Waals surface area contributed by atoms with Gasteiger partial charge in [0.25, 0.3) is 0 Å². The lowest BCUT2D eigenvalue weighted by atomic mass is 9.38. The zero-order valence-electron chi connectivity index (χ0n) is 17.8. The first-order valence-electron chi connectivity index (χ1n) is 10.8. The molecule has 3 N–H and O–H groups in total. The zero-order chi connectivity index (χ0) is 22.5. The summed E-state index contributed by atoms with van der Waals surface area (Å²) in [4.78, 5) is 38.3. The molecule has 9 nitrogen and oxygen atoms in total. The summed E-state index contributed by atoms with van der Waals surface area (Å²) < 4.78 is 17.0. The molecule has 4 fully saturated rings. The fourth-order valence-electron chi connectivity index (χ4n) is 7.80. The highest BCUT2D eigenvalue weighted by Gasteiger charge is 2.82. The summed E-state index contributed by atoms with van der Waals surface area (Å²) in [5.41, 5.74) is -3.13. The first-order chi connectivity index (χ1) is 14.6. The van der Waals surface area contributed by atoms with Crippen LogP contribution in [0.1, 0.15) is 40.0 Å². The van der Waals surface area contributed by atoms with E-state index in [4.69, 9.17) is 14.2 Å². The molecule has 2 bridgehead atoms. The van der Waals surface area contributed by atoms with Crippen molar-refractivity contribution < 1.29 is 43.9 Å². The molecule has 3 aliphatic carbocycles. The number of fused-ring (bicyclic) bond motifs is 2. The molecule has 0 aromatic heterocycles. The number of esters is 2. The SMILES string of the molecule is CCOC(=O)[C@@]12OC[C@]34C(C(O)C1O)[C@@]1(C)CC(=O)C(O)=C(C)C1C[C@H]3OC(=O)C[C@H]42. The maximum atomic E-state index is 13.1. The molecule has 5 rings (SSSR count). The minimum absolute atomic E-state index is 0.00153. The molecule has 0 aromatic rings. The third-order valence-corrected chi connectivity index (χ3v) is 8.91. The molecular formula is C22H28O9. The average molecular weight is 436 g/mol. The number of Topliss-reactive ketones (excluding diaryl/α,β-unsaturated/α-hetero) is 1. The molecule has 0 radical (unpaired) electrons. The van der Waals surface area contributed by atoms with Crippen molar-refractivity contribution in [1.29, 1.82) is 0 Å². The van der Waals surface area contributed by atoms with Crippen LogP contribution in [0.25, 0.3) is 0 Å². The van der Waals surface area contributed by atoms with Crippen LogP contribution in [-0.4, -0.2) is 70.2 Å². The van der Waals surface area contributed by atoms with E-state index in [1.54, 1.807) is 13.8 Å². The van der Waals surface area contributed by atoms with Crippen LogP contribution in [-0.2, 0) is 28.6 Å². The van der Waals surface area contributed by atoms with Crippen molar-refractivity contribution in [3.8, 4) is 0 Å². The highest BCUT2D eigenvalue weighted by atomic mass is 16.6. The van der Waals surface area contributed by atoms with Crippen LogP contribution in [0.5, 0.6) is 0 Å². The van der Waals surface area contributed by atoms with Gasteiger partial charge >= 0.3 is 11.9 Å². The topological polar surface area (TPSA) is 140 Å². The number of carbonyl (C=O) groups excluding carboxylic acids is 3. The van der Waals surface area contributed by atoms with Gasteiger partial charge in [-0.15, -0.1) is 0 Å². The molecule has 2 heterocycles. The lowest BCUT2D eigenvalue weighted by Gasteiger charge is -2.66. The summed E-state index contributed by atoms with van der Waals surface area (Å²) in [6.07, 6.45) is -3.55. The number of rotatable bonds is 2. The molecule has 5 aliphatic rings. The number of hydrogen-bond donors (Lipinski definition) is 3. The van der Waals surface area contributed by atoms with Gasteiger partial charge in [0, 0.05) is 23.7 Å². The number of allylic oxidation sites excluding steroid dienone is 2. The first kappa shape index (κ1) is 20.9. The number of hydrogen-bond acceptors (Lipinski definition) is 9. The van der Waals surface area contributed by atoms with E-state index in [2.05, 4.69) is 0 Å². The Balaban J connectivity index is 1.72. The van der Waals surface area contributed by atoms with Gasteiger partial charge in [-0.1, -0.05) is 6.92 Å². The maximum Gasteiger partial charge on any atom is 0.341 e. The molecule has 2 aliphatic heterocycles. The van der Waals surface area contributed by atoms with Crippen molar-refractivity contribution in [2.75, 3.05) is 13.2 Å². The highest BCUT2D eigenvalue weighted by Crippen LogP contribution is 2.72. The third kappa shape index (κ3) is 2.19. The van der Waals surface area contributed by atoms with E-state index < -0.39 is 64.3 Å². The molecule has 1 spiro atoms. The average Bonchev–Trinajstić information content (AvgIpc) is 2.99. The minimum Gasteiger partial charge on any atom is -0.504 e. The van der Waals surface area contributed by atoms with Gasteiger partial charge in [0.15, 0.2) is 17.1 Å². The number of aliphatic hydroxyl groups excluding tert-OH is 3. The van der Waals surface area contributed by atoms with Crippen LogP contribution in [0.3, 0.4) is 0 Å². The Labute approximate surface area is 179 Å². The van der Waals surface area contributed by atoms with Crippen LogP contribution in [0, 0.1) is 28.6 Å². The standard InChI is InChI=1S/C22H28O9/c1-4-29-19(28)22-12-6-14(24)31-13-5-10-9(2)15(25)11(23)7-20(10,3)17(16(26)18(22)27)21(12,13)8-30-22/h10,12-13,16-18,25-27H,4-8H2,1-3H3/t10?,12-,13-,16?,17?,18?,20+,21-,22+/m1/s1. The van der Waals surface area contributed by atoms with Crippen molar-refractivity contribution in [2.45, 2.75) is 63.9 Å². The second-order valence-corrected chi connectivity index (χ2v) is 9.99. The van der Waals surface area contributed by atoms with Crippen molar-refractivity contribution >= 4 is 17.7 Å². The smallest absolute Gasteiger partial charge is 0.341 e. The molecule has 2 saturated heterocycles. The predicted octanol–water partition coefficient (Wildman–Crippen LogP) is 0.419. The molecule has 2 saturated carbocycles. The van der Waals surface area contributed by atoms with Crippen molar-refractivity contribution in [2.24, 2.45) is 28.6 Å². The monoisotopic (exact) mass is 436 g/mol. The van der Waals surface area contributed by atoms with Gasteiger partial charge in [0.1, 0.15) is 12.2 Å². The summed E-state index contributed by atoms with van der Waals surface area (Å²) in [5, 5.41) is 33.0. The fourth-order valence-corrected chi connectivity index (χ4v) is 7.80. The Morgan fingerprint density at radius 1 is 1.29 bits per heavy atom. The molecule has 9 heteroatoms. The Morgan fingerprint density at radius 3 is 2.68 bits per heavy atom. The normalized spacial score (nSPS) is 50.5. The van der Waals surface area contributed by atoms with Gasteiger partial charge in [-0.05, 0) is 37.2 Å². The molecule has 0 aromatic carbocycles. The van der Waals surface area contributed by atoms with Gasteiger partial charge < -0.3 is 29.5 Å². The second-order valence-electron chi connectivity index (χ2n) is 9.99. The van der Waals surface area contributed by atoms with Crippen LogP contribution in [0.4, 0.5) is 0 Å². The third-order valence-electron chi connectivity index (χ3n) is 8.91. The van der Waals surface area contributed by atoms with E-state index in [0.29, 0.717) is 12.0 Å². The van der Waals surface area contributed by atoms with Crippen LogP contribution < -0.4 is 0 Å². The summed E-state index contributed by atoms with van der Waals surface area (Å²) in [6, 6.07) is 0. The molecular weight excluding hydrogens is 408 g/mol. The number of ketones is 1. The fraction of sp³-hybridized carbons (Fsp3) is 0.773. The Kier molecular flexibility index (Phi) is 4.25. The lowest BCUT2D eigenvalue weighted by Crippen LogP contribution is -2.76. The van der Waals surface area contributed by atoms with Crippen molar-refractivity contribution in [1.82, 2.24) is 0 Å². The number of carbonyl (C=O) groups is 3. The quantitative estimate of drug-likeness (QED) is 0.525.